The van der Waals surface area contributed by atoms with Crippen LogP contribution in [0.5, 0.6) is 11.5 Å². The predicted octanol–water partition coefficient (Wildman–Crippen LogP) is 1.59. The molecule has 1 aromatic carbocycles. The largest absolute Gasteiger partial charge is 0.497 e. The van der Waals surface area contributed by atoms with Crippen LogP contribution in [0.2, 0.25) is 0 Å². The number of hydrogen-bond acceptors (Lipinski definition) is 5. The molecule has 0 bridgehead atoms. The Morgan fingerprint density at radius 2 is 1.78 bits per heavy atom. The molecule has 0 unspecified atom stereocenters. The first-order valence-electron chi connectivity index (χ1n) is 7.29. The Morgan fingerprint density at radius 1 is 1.13 bits per heavy atom. The highest BCUT2D eigenvalue weighted by molar-refractivity contribution is 5.92. The average molecular weight is 318 g/mol. The normalized spacial score (nSPS) is 10.3. The molecule has 1 aromatic heterocycles. The summed E-state index contributed by atoms with van der Waals surface area (Å²) in [6.45, 7) is 2.96. The molecule has 7 heteroatoms. The number of nitrogens with one attached hydrogen (secondary N) is 2. The first kappa shape index (κ1) is 16.7. The summed E-state index contributed by atoms with van der Waals surface area (Å²) in [5, 5.41) is 10.2. The van der Waals surface area contributed by atoms with Crippen LogP contribution >= 0.6 is 0 Å². The third kappa shape index (κ3) is 4.38. The zero-order chi connectivity index (χ0) is 16.8. The Kier molecular flexibility index (Phi) is 5.46. The van der Waals surface area contributed by atoms with Crippen molar-refractivity contribution in [3.05, 3.63) is 35.7 Å². The van der Waals surface area contributed by atoms with E-state index in [1.54, 1.807) is 31.0 Å². The van der Waals surface area contributed by atoms with Crippen molar-refractivity contribution in [3.63, 3.8) is 0 Å². The first-order chi connectivity index (χ1) is 11.0. The number of aromatic nitrogens is 2. The molecule has 0 aliphatic rings. The zero-order valence-electron chi connectivity index (χ0n) is 13.8. The predicted molar refractivity (Wildman–Crippen MR) is 88.3 cm³/mol. The molecule has 0 aliphatic heterocycles. The Hall–Kier alpha value is -2.70. The second kappa shape index (κ2) is 7.53. The van der Waals surface area contributed by atoms with E-state index >= 15 is 0 Å². The van der Waals surface area contributed by atoms with Crippen molar-refractivity contribution in [1.29, 1.82) is 0 Å². The van der Waals surface area contributed by atoms with Crippen LogP contribution in [0.25, 0.3) is 0 Å². The number of rotatable bonds is 7. The lowest BCUT2D eigenvalue weighted by Gasteiger charge is -2.11. The van der Waals surface area contributed by atoms with Gasteiger partial charge in [-0.05, 0) is 13.0 Å². The minimum absolute atomic E-state index is 0.182. The van der Waals surface area contributed by atoms with Gasteiger partial charge in [0, 0.05) is 49.7 Å². The minimum atomic E-state index is -0.182. The molecule has 0 spiro atoms. The van der Waals surface area contributed by atoms with Crippen LogP contribution < -0.4 is 20.1 Å². The van der Waals surface area contributed by atoms with Crippen LogP contribution in [-0.4, -0.2) is 43.0 Å². The summed E-state index contributed by atoms with van der Waals surface area (Å²) >= 11 is 0. The summed E-state index contributed by atoms with van der Waals surface area (Å²) in [6.07, 6.45) is 0. The van der Waals surface area contributed by atoms with Gasteiger partial charge in [0.15, 0.2) is 0 Å². The first-order valence-corrected chi connectivity index (χ1v) is 7.29. The number of aryl methyl sites for hydroxylation is 2. The average Bonchev–Trinajstić information content (AvgIpc) is 2.90. The number of benzene rings is 1. The Bertz CT molecular complexity index is 640. The van der Waals surface area contributed by atoms with Crippen LogP contribution in [0.3, 0.4) is 0 Å². The van der Waals surface area contributed by atoms with Crippen LogP contribution in [-0.2, 0) is 7.05 Å². The van der Waals surface area contributed by atoms with Crippen molar-refractivity contribution in [1.82, 2.24) is 15.1 Å². The lowest BCUT2D eigenvalue weighted by molar-refractivity contribution is 0.0949. The van der Waals surface area contributed by atoms with Crippen LogP contribution in [0.15, 0.2) is 24.3 Å². The zero-order valence-corrected chi connectivity index (χ0v) is 13.8. The van der Waals surface area contributed by atoms with Gasteiger partial charge in [0.2, 0.25) is 0 Å². The molecule has 1 heterocycles. The number of methoxy groups -OCH3 is 2. The fourth-order valence-corrected chi connectivity index (χ4v) is 2.05. The molecule has 0 saturated carbocycles. The highest BCUT2D eigenvalue weighted by atomic mass is 16.5. The Morgan fingerprint density at radius 3 is 2.30 bits per heavy atom. The van der Waals surface area contributed by atoms with E-state index in [0.717, 1.165) is 11.4 Å². The van der Waals surface area contributed by atoms with Gasteiger partial charge in [-0.2, -0.15) is 5.10 Å². The second-order valence-corrected chi connectivity index (χ2v) is 5.08. The van der Waals surface area contributed by atoms with Gasteiger partial charge in [-0.3, -0.25) is 9.48 Å². The van der Waals surface area contributed by atoms with Gasteiger partial charge in [0.1, 0.15) is 17.2 Å². The summed E-state index contributed by atoms with van der Waals surface area (Å²) in [5.41, 5.74) is 2.23. The minimum Gasteiger partial charge on any atom is -0.497 e. The van der Waals surface area contributed by atoms with Gasteiger partial charge in [-0.15, -0.1) is 0 Å². The third-order valence-electron chi connectivity index (χ3n) is 3.44. The number of carbonyl (C=O) groups excluding carboxylic acids is 1. The lowest BCUT2D eigenvalue weighted by Crippen LogP contribution is -2.29. The summed E-state index contributed by atoms with van der Waals surface area (Å²) in [4.78, 5) is 12.0. The number of anilines is 1. The van der Waals surface area contributed by atoms with Crippen molar-refractivity contribution in [2.24, 2.45) is 7.05 Å². The van der Waals surface area contributed by atoms with Crippen molar-refractivity contribution in [2.75, 3.05) is 32.6 Å². The molecule has 0 saturated heterocycles. The standard InChI is InChI=1S/C16H22N4O3/c1-11-7-15(19-20(11)2)16(21)18-6-5-17-12-8-13(22-3)10-14(9-12)23-4/h7-10,17H,5-6H2,1-4H3,(H,18,21). The molecule has 23 heavy (non-hydrogen) atoms. The Balaban J connectivity index is 1.84. The maximum Gasteiger partial charge on any atom is 0.271 e. The van der Waals surface area contributed by atoms with E-state index < -0.39 is 0 Å². The summed E-state index contributed by atoms with van der Waals surface area (Å²) < 4.78 is 12.1. The van der Waals surface area contributed by atoms with E-state index in [0.29, 0.717) is 30.3 Å². The van der Waals surface area contributed by atoms with Gasteiger partial charge < -0.3 is 20.1 Å². The Labute approximate surface area is 135 Å². The molecule has 0 aliphatic carbocycles. The number of carbonyl (C=O) groups is 1. The molecule has 1 amide bonds. The van der Waals surface area contributed by atoms with E-state index in [2.05, 4.69) is 15.7 Å². The molecule has 2 N–H and O–H groups in total. The number of ether oxygens (including phenoxy) is 2. The monoisotopic (exact) mass is 318 g/mol. The molecule has 0 atom stereocenters. The number of nitrogens with zero attached hydrogens (tertiary/aromatic N) is 2. The molecule has 2 aromatic rings. The van der Waals surface area contributed by atoms with E-state index in [9.17, 15) is 4.79 Å². The quantitative estimate of drug-likeness (QED) is 0.758. The number of hydrogen-bond donors (Lipinski definition) is 2. The summed E-state index contributed by atoms with van der Waals surface area (Å²) in [7, 11) is 5.02. The second-order valence-electron chi connectivity index (χ2n) is 5.08. The molecule has 0 fully saturated rings. The molecule has 124 valence electrons. The summed E-state index contributed by atoms with van der Waals surface area (Å²) in [6, 6.07) is 7.30. The van der Waals surface area contributed by atoms with Gasteiger partial charge in [0.25, 0.3) is 5.91 Å². The SMILES string of the molecule is COc1cc(NCCNC(=O)c2cc(C)n(C)n2)cc(OC)c1. The van der Waals surface area contributed by atoms with Crippen molar-refractivity contribution in [3.8, 4) is 11.5 Å². The van der Waals surface area contributed by atoms with Gasteiger partial charge in [-0.25, -0.2) is 0 Å². The fourth-order valence-electron chi connectivity index (χ4n) is 2.05. The van der Waals surface area contributed by atoms with E-state index in [1.165, 1.54) is 0 Å². The molecule has 7 nitrogen and oxygen atoms in total. The molecular weight excluding hydrogens is 296 g/mol. The lowest BCUT2D eigenvalue weighted by atomic mass is 10.2. The maximum absolute atomic E-state index is 12.0. The fraction of sp³-hybridized carbons (Fsp3) is 0.375. The topological polar surface area (TPSA) is 77.4 Å². The van der Waals surface area contributed by atoms with E-state index in [1.807, 2.05) is 26.1 Å². The van der Waals surface area contributed by atoms with Gasteiger partial charge in [-0.1, -0.05) is 0 Å². The van der Waals surface area contributed by atoms with Crippen molar-refractivity contribution in [2.45, 2.75) is 6.92 Å². The van der Waals surface area contributed by atoms with Crippen molar-refractivity contribution >= 4 is 11.6 Å². The van der Waals surface area contributed by atoms with Gasteiger partial charge >= 0.3 is 0 Å². The van der Waals surface area contributed by atoms with Crippen LogP contribution in [0.1, 0.15) is 16.2 Å². The maximum atomic E-state index is 12.0. The van der Waals surface area contributed by atoms with Crippen molar-refractivity contribution < 1.29 is 14.3 Å². The van der Waals surface area contributed by atoms with E-state index in [-0.39, 0.29) is 5.91 Å². The van der Waals surface area contributed by atoms with Crippen LogP contribution in [0, 0.1) is 6.92 Å². The smallest absolute Gasteiger partial charge is 0.271 e. The van der Waals surface area contributed by atoms with E-state index in [4.69, 9.17) is 9.47 Å². The highest BCUT2D eigenvalue weighted by Gasteiger charge is 2.10. The molecule has 0 radical (unpaired) electrons. The summed E-state index contributed by atoms with van der Waals surface area (Å²) in [5.74, 6) is 1.23. The molecule has 2 rings (SSSR count). The number of amides is 1. The highest BCUT2D eigenvalue weighted by Crippen LogP contribution is 2.25. The third-order valence-corrected chi connectivity index (χ3v) is 3.44. The molecular formula is C16H22N4O3. The van der Waals surface area contributed by atoms with Crippen LogP contribution in [0.4, 0.5) is 5.69 Å². The van der Waals surface area contributed by atoms with Gasteiger partial charge in [0.05, 0.1) is 14.2 Å².